The van der Waals surface area contributed by atoms with Crippen molar-refractivity contribution in [2.45, 2.75) is 31.7 Å². The lowest BCUT2D eigenvalue weighted by Gasteiger charge is -2.25. The molecule has 114 valence electrons. The first-order chi connectivity index (χ1) is 9.99. The molecule has 1 amide bonds. The van der Waals surface area contributed by atoms with Crippen LogP contribution in [-0.2, 0) is 14.8 Å². The fourth-order valence-electron chi connectivity index (χ4n) is 2.58. The van der Waals surface area contributed by atoms with Crippen molar-refractivity contribution in [2.24, 2.45) is 5.73 Å². The highest BCUT2D eigenvalue weighted by molar-refractivity contribution is 7.92. The molecule has 5 nitrogen and oxygen atoms in total. The highest BCUT2D eigenvalue weighted by atomic mass is 32.2. The highest BCUT2D eigenvalue weighted by Crippen LogP contribution is 2.26. The van der Waals surface area contributed by atoms with E-state index in [1.807, 2.05) is 30.3 Å². The van der Waals surface area contributed by atoms with E-state index in [0.29, 0.717) is 0 Å². The Bertz CT molecular complexity index is 605. The van der Waals surface area contributed by atoms with Crippen molar-refractivity contribution in [1.29, 1.82) is 0 Å². The minimum absolute atomic E-state index is 0.122. The average molecular weight is 308 g/mol. The van der Waals surface area contributed by atoms with Gasteiger partial charge in [-0.25, -0.2) is 8.42 Å². The molecule has 0 unspecified atom stereocenters. The zero-order valence-electron chi connectivity index (χ0n) is 11.8. The molecule has 6 heteroatoms. The van der Waals surface area contributed by atoms with Crippen molar-refractivity contribution in [1.82, 2.24) is 4.31 Å². The molecule has 0 aromatic heterocycles. The molecule has 1 fully saturated rings. The molecular formula is C15H20N2O3S. The van der Waals surface area contributed by atoms with Crippen molar-refractivity contribution >= 4 is 22.0 Å². The van der Waals surface area contributed by atoms with Crippen LogP contribution in [0.4, 0.5) is 0 Å². The second-order valence-electron chi connectivity index (χ2n) is 5.21. The molecule has 2 rings (SSSR count). The van der Waals surface area contributed by atoms with E-state index in [2.05, 4.69) is 0 Å². The van der Waals surface area contributed by atoms with Crippen LogP contribution in [0.5, 0.6) is 0 Å². The molecular weight excluding hydrogens is 288 g/mol. The average Bonchev–Trinajstić information content (AvgIpc) is 2.97. The normalized spacial score (nSPS) is 16.8. The number of carbonyl (C=O) groups is 1. The van der Waals surface area contributed by atoms with E-state index in [1.165, 1.54) is 10.4 Å². The lowest BCUT2D eigenvalue weighted by molar-refractivity contribution is -0.118. The number of hydrogen-bond acceptors (Lipinski definition) is 3. The maximum absolute atomic E-state index is 12.5. The Morgan fingerprint density at radius 2 is 1.86 bits per heavy atom. The fraction of sp³-hybridized carbons (Fsp3) is 0.400. The van der Waals surface area contributed by atoms with Gasteiger partial charge in [0.25, 0.3) is 0 Å². The third-order valence-corrected chi connectivity index (χ3v) is 5.16. The Labute approximate surface area is 125 Å². The van der Waals surface area contributed by atoms with Crippen molar-refractivity contribution in [2.75, 3.05) is 6.54 Å². The molecule has 1 aliphatic rings. The molecule has 1 saturated carbocycles. The van der Waals surface area contributed by atoms with Crippen molar-refractivity contribution in [3.63, 3.8) is 0 Å². The lowest BCUT2D eigenvalue weighted by Crippen LogP contribution is -2.43. The number of rotatable bonds is 6. The summed E-state index contributed by atoms with van der Waals surface area (Å²) in [7, 11) is -3.65. The smallest absolute Gasteiger partial charge is 0.236 e. The molecule has 0 heterocycles. The number of sulfonamides is 1. The molecule has 0 radical (unpaired) electrons. The summed E-state index contributed by atoms with van der Waals surface area (Å²) in [5.74, 6) is -0.626. The Morgan fingerprint density at radius 1 is 1.24 bits per heavy atom. The second-order valence-corrected chi connectivity index (χ2v) is 6.98. The van der Waals surface area contributed by atoms with Crippen LogP contribution in [0, 0.1) is 0 Å². The zero-order chi connectivity index (χ0) is 15.3. The SMILES string of the molecule is NC(=O)CN(C1CCCC1)S(=O)(=O)/C=C/c1ccccc1. The van der Waals surface area contributed by atoms with Gasteiger partial charge in [-0.1, -0.05) is 43.2 Å². The molecule has 21 heavy (non-hydrogen) atoms. The van der Waals surface area contributed by atoms with Gasteiger partial charge in [-0.2, -0.15) is 4.31 Å². The lowest BCUT2D eigenvalue weighted by atomic mass is 10.2. The van der Waals surface area contributed by atoms with Gasteiger partial charge in [-0.3, -0.25) is 4.79 Å². The van der Waals surface area contributed by atoms with Crippen LogP contribution in [-0.4, -0.2) is 31.2 Å². The topological polar surface area (TPSA) is 80.5 Å². The predicted molar refractivity (Wildman–Crippen MR) is 82.6 cm³/mol. The number of carbonyl (C=O) groups excluding carboxylic acids is 1. The van der Waals surface area contributed by atoms with Crippen LogP contribution in [0.25, 0.3) is 6.08 Å². The van der Waals surface area contributed by atoms with Gasteiger partial charge in [0.05, 0.1) is 6.54 Å². The van der Waals surface area contributed by atoms with Crippen LogP contribution in [0.15, 0.2) is 35.7 Å². The van der Waals surface area contributed by atoms with Crippen molar-refractivity contribution in [3.05, 3.63) is 41.3 Å². The maximum atomic E-state index is 12.5. The third-order valence-electron chi connectivity index (χ3n) is 3.60. The first kappa shape index (κ1) is 15.7. The van der Waals surface area contributed by atoms with Gasteiger partial charge in [-0.05, 0) is 24.5 Å². The van der Waals surface area contributed by atoms with Crippen molar-refractivity contribution < 1.29 is 13.2 Å². The van der Waals surface area contributed by atoms with E-state index in [9.17, 15) is 13.2 Å². The summed E-state index contributed by atoms with van der Waals surface area (Å²) in [5.41, 5.74) is 5.99. The molecule has 0 spiro atoms. The third kappa shape index (κ3) is 4.41. The molecule has 1 aliphatic carbocycles. The molecule has 0 bridgehead atoms. The van der Waals surface area contributed by atoms with Crippen molar-refractivity contribution in [3.8, 4) is 0 Å². The number of nitrogens with two attached hydrogens (primary N) is 1. The van der Waals surface area contributed by atoms with Crippen LogP contribution < -0.4 is 5.73 Å². The Balaban J connectivity index is 2.20. The first-order valence-corrected chi connectivity index (χ1v) is 8.52. The Morgan fingerprint density at radius 3 is 2.43 bits per heavy atom. The quantitative estimate of drug-likeness (QED) is 0.869. The number of hydrogen-bond donors (Lipinski definition) is 1. The summed E-state index contributed by atoms with van der Waals surface area (Å²) in [6.45, 7) is -0.258. The molecule has 0 saturated heterocycles. The standard InChI is InChI=1S/C15H20N2O3S/c16-15(18)12-17(14-8-4-5-9-14)21(19,20)11-10-13-6-2-1-3-7-13/h1-3,6-7,10-11,14H,4-5,8-9,12H2,(H2,16,18)/b11-10+. The first-order valence-electron chi connectivity index (χ1n) is 7.02. The van der Waals surface area contributed by atoms with Gasteiger partial charge >= 0.3 is 0 Å². The zero-order valence-corrected chi connectivity index (χ0v) is 12.6. The Hall–Kier alpha value is -1.66. The summed E-state index contributed by atoms with van der Waals surface area (Å²) in [4.78, 5) is 11.2. The number of benzene rings is 1. The molecule has 1 aromatic rings. The van der Waals surface area contributed by atoms with Gasteiger partial charge in [0.2, 0.25) is 15.9 Å². The molecule has 1 aromatic carbocycles. The summed E-state index contributed by atoms with van der Waals surface area (Å²) < 4.78 is 26.2. The predicted octanol–water partition coefficient (Wildman–Crippen LogP) is 1.72. The molecule has 2 N–H and O–H groups in total. The van der Waals surface area contributed by atoms with Gasteiger partial charge in [0, 0.05) is 11.4 Å². The summed E-state index contributed by atoms with van der Waals surface area (Å²) >= 11 is 0. The summed E-state index contributed by atoms with van der Waals surface area (Å²) in [6.07, 6.45) is 5.07. The highest BCUT2D eigenvalue weighted by Gasteiger charge is 2.31. The van der Waals surface area contributed by atoms with Crippen LogP contribution in [0.1, 0.15) is 31.2 Å². The number of primary amides is 1. The summed E-state index contributed by atoms with van der Waals surface area (Å²) in [6, 6.07) is 9.06. The minimum Gasteiger partial charge on any atom is -0.369 e. The van der Waals surface area contributed by atoms with E-state index in [-0.39, 0.29) is 12.6 Å². The van der Waals surface area contributed by atoms with Gasteiger partial charge in [-0.15, -0.1) is 0 Å². The fourth-order valence-corrected chi connectivity index (χ4v) is 4.00. The van der Waals surface area contributed by atoms with Gasteiger partial charge < -0.3 is 5.73 Å². The summed E-state index contributed by atoms with van der Waals surface area (Å²) in [5, 5.41) is 1.16. The minimum atomic E-state index is -3.65. The molecule has 0 atom stereocenters. The molecule has 0 aliphatic heterocycles. The van der Waals surface area contributed by atoms with E-state index in [4.69, 9.17) is 5.73 Å². The van der Waals surface area contributed by atoms with Crippen LogP contribution in [0.3, 0.4) is 0 Å². The van der Waals surface area contributed by atoms with Crippen LogP contribution in [0.2, 0.25) is 0 Å². The number of amides is 1. The van der Waals surface area contributed by atoms with E-state index < -0.39 is 15.9 Å². The monoisotopic (exact) mass is 308 g/mol. The van der Waals surface area contributed by atoms with E-state index in [0.717, 1.165) is 36.7 Å². The van der Waals surface area contributed by atoms with E-state index >= 15 is 0 Å². The number of nitrogens with zero attached hydrogens (tertiary/aromatic N) is 1. The Kier molecular flexibility index (Phi) is 5.14. The largest absolute Gasteiger partial charge is 0.369 e. The van der Waals surface area contributed by atoms with Crippen LogP contribution >= 0.6 is 0 Å². The van der Waals surface area contributed by atoms with Gasteiger partial charge in [0.1, 0.15) is 0 Å². The van der Waals surface area contributed by atoms with E-state index in [1.54, 1.807) is 0 Å². The van der Waals surface area contributed by atoms with Gasteiger partial charge in [0.15, 0.2) is 0 Å². The second kappa shape index (κ2) is 6.87. The maximum Gasteiger partial charge on any atom is 0.236 e.